The largest absolute Gasteiger partial charge is 0.475 e. The van der Waals surface area contributed by atoms with Crippen molar-refractivity contribution < 1.29 is 14.3 Å². The van der Waals surface area contributed by atoms with Crippen molar-refractivity contribution in [1.29, 1.82) is 0 Å². The number of hydrogen-bond acceptors (Lipinski definition) is 4. The summed E-state index contributed by atoms with van der Waals surface area (Å²) in [5.74, 6) is 0.547. The van der Waals surface area contributed by atoms with Crippen LogP contribution in [0, 0.1) is 12.8 Å². The van der Waals surface area contributed by atoms with Crippen LogP contribution in [-0.4, -0.2) is 53.6 Å². The normalized spacial score (nSPS) is 27.5. The van der Waals surface area contributed by atoms with E-state index in [0.29, 0.717) is 0 Å². The van der Waals surface area contributed by atoms with Crippen LogP contribution in [0.1, 0.15) is 41.1 Å². The van der Waals surface area contributed by atoms with Crippen LogP contribution >= 0.6 is 0 Å². The highest BCUT2D eigenvalue weighted by Crippen LogP contribution is 2.30. The maximum absolute atomic E-state index is 11.0. The van der Waals surface area contributed by atoms with Crippen LogP contribution in [0.2, 0.25) is 0 Å². The zero-order chi connectivity index (χ0) is 15.0. The Morgan fingerprint density at radius 1 is 1.43 bits per heavy atom. The number of hydrogen-bond donors (Lipinski definition) is 1. The number of aromatic carboxylic acids is 1. The van der Waals surface area contributed by atoms with E-state index in [1.807, 2.05) is 6.92 Å². The summed E-state index contributed by atoms with van der Waals surface area (Å²) in [5, 5.41) is 9.00. The van der Waals surface area contributed by atoms with Gasteiger partial charge >= 0.3 is 5.97 Å². The molecule has 0 radical (unpaired) electrons. The Morgan fingerprint density at radius 2 is 2.24 bits per heavy atom. The highest BCUT2D eigenvalue weighted by molar-refractivity contribution is 5.84. The fourth-order valence-corrected chi connectivity index (χ4v) is 3.89. The van der Waals surface area contributed by atoms with Crippen molar-refractivity contribution >= 4 is 5.97 Å². The molecule has 0 spiro atoms. The molecule has 1 N–H and O–H groups in total. The maximum atomic E-state index is 11.0. The molecule has 5 nitrogen and oxygen atoms in total. The number of carbonyl (C=O) groups is 1. The lowest BCUT2D eigenvalue weighted by molar-refractivity contribution is 0.0353. The number of fused-ring (bicyclic) bond motifs is 1. The van der Waals surface area contributed by atoms with Gasteiger partial charge in [-0.05, 0) is 58.3 Å². The number of likely N-dealkylation sites (tertiary alicyclic amines) is 2. The smallest absolute Gasteiger partial charge is 0.371 e. The van der Waals surface area contributed by atoms with Gasteiger partial charge in [0.05, 0.1) is 0 Å². The summed E-state index contributed by atoms with van der Waals surface area (Å²) in [6.07, 6.45) is 3.82. The predicted octanol–water partition coefficient (Wildman–Crippen LogP) is 2.20. The molecule has 1 aromatic rings. The first-order chi connectivity index (χ1) is 10.0. The number of carboxylic acid groups (broad SMARTS) is 1. The monoisotopic (exact) mass is 292 g/mol. The second-order valence-electron chi connectivity index (χ2n) is 6.47. The first-order valence-corrected chi connectivity index (χ1v) is 7.80. The van der Waals surface area contributed by atoms with Crippen molar-refractivity contribution in [3.05, 3.63) is 23.2 Å². The minimum atomic E-state index is -0.989. The summed E-state index contributed by atoms with van der Waals surface area (Å²) >= 11 is 0. The molecule has 0 saturated carbocycles. The van der Waals surface area contributed by atoms with E-state index in [9.17, 15) is 4.79 Å². The molecule has 116 valence electrons. The first-order valence-electron chi connectivity index (χ1n) is 7.80. The summed E-state index contributed by atoms with van der Waals surface area (Å²) in [7, 11) is 2.24. The van der Waals surface area contributed by atoms with E-state index < -0.39 is 5.97 Å². The molecule has 2 aliphatic heterocycles. The van der Waals surface area contributed by atoms with Gasteiger partial charge in [0, 0.05) is 24.7 Å². The van der Waals surface area contributed by atoms with E-state index in [1.54, 1.807) is 6.07 Å². The minimum absolute atomic E-state index is 0.0507. The average Bonchev–Trinajstić information content (AvgIpc) is 2.81. The summed E-state index contributed by atoms with van der Waals surface area (Å²) in [4.78, 5) is 15.9. The minimum Gasteiger partial charge on any atom is -0.475 e. The Labute approximate surface area is 125 Å². The third kappa shape index (κ3) is 2.99. The second kappa shape index (κ2) is 5.81. The Morgan fingerprint density at radius 3 is 2.95 bits per heavy atom. The van der Waals surface area contributed by atoms with Crippen LogP contribution < -0.4 is 0 Å². The molecule has 2 unspecified atom stereocenters. The molecule has 2 saturated heterocycles. The lowest BCUT2D eigenvalue weighted by atomic mass is 9.84. The van der Waals surface area contributed by atoms with Gasteiger partial charge in [-0.15, -0.1) is 0 Å². The van der Waals surface area contributed by atoms with Crippen molar-refractivity contribution in [1.82, 2.24) is 9.80 Å². The molecule has 21 heavy (non-hydrogen) atoms. The lowest BCUT2D eigenvalue weighted by Crippen LogP contribution is -2.52. The summed E-state index contributed by atoms with van der Waals surface area (Å²) in [6.45, 7) is 6.07. The lowest BCUT2D eigenvalue weighted by Gasteiger charge is -2.46. The number of aryl methyl sites for hydroxylation is 1. The molecule has 1 aromatic heterocycles. The second-order valence-corrected chi connectivity index (χ2v) is 6.47. The number of carboxylic acids is 1. The van der Waals surface area contributed by atoms with Gasteiger partial charge in [-0.1, -0.05) is 0 Å². The van der Waals surface area contributed by atoms with Crippen LogP contribution in [0.15, 0.2) is 10.5 Å². The van der Waals surface area contributed by atoms with Gasteiger partial charge in [0.15, 0.2) is 0 Å². The van der Waals surface area contributed by atoms with Gasteiger partial charge in [0.1, 0.15) is 5.76 Å². The van der Waals surface area contributed by atoms with E-state index in [0.717, 1.165) is 42.9 Å². The zero-order valence-corrected chi connectivity index (χ0v) is 12.8. The van der Waals surface area contributed by atoms with Gasteiger partial charge in [0.2, 0.25) is 5.76 Å². The van der Waals surface area contributed by atoms with Gasteiger partial charge in [-0.2, -0.15) is 0 Å². The van der Waals surface area contributed by atoms with E-state index in [4.69, 9.17) is 9.52 Å². The molecule has 0 aliphatic carbocycles. The Balaban J connectivity index is 1.65. The third-order valence-corrected chi connectivity index (χ3v) is 5.06. The van der Waals surface area contributed by atoms with Gasteiger partial charge < -0.3 is 14.4 Å². The highest BCUT2D eigenvalue weighted by Gasteiger charge is 2.34. The number of rotatable bonds is 3. The van der Waals surface area contributed by atoms with Crippen LogP contribution in [0.4, 0.5) is 0 Å². The number of piperidine rings is 2. The van der Waals surface area contributed by atoms with E-state index in [2.05, 4.69) is 16.8 Å². The van der Waals surface area contributed by atoms with Gasteiger partial charge in [-0.3, -0.25) is 4.90 Å². The molecular formula is C16H24N2O3. The Hall–Kier alpha value is -1.33. The fraction of sp³-hybridized carbons (Fsp3) is 0.688. The van der Waals surface area contributed by atoms with E-state index in [1.165, 1.54) is 25.8 Å². The molecule has 0 aromatic carbocycles. The SMILES string of the molecule is Cc1oc(C(=O)O)cc1CN1CCC2C(CCCN2C)C1. The molecule has 0 amide bonds. The topological polar surface area (TPSA) is 56.9 Å². The number of nitrogens with zero attached hydrogens (tertiary/aromatic N) is 2. The third-order valence-electron chi connectivity index (χ3n) is 5.06. The fourth-order valence-electron chi connectivity index (χ4n) is 3.89. The summed E-state index contributed by atoms with van der Waals surface area (Å²) in [6, 6.07) is 2.41. The molecular weight excluding hydrogens is 268 g/mol. The van der Waals surface area contributed by atoms with Crippen LogP contribution in [0.5, 0.6) is 0 Å². The highest BCUT2D eigenvalue weighted by atomic mass is 16.4. The summed E-state index contributed by atoms with van der Waals surface area (Å²) < 4.78 is 5.31. The molecule has 2 aliphatic rings. The molecule has 5 heteroatoms. The summed E-state index contributed by atoms with van der Waals surface area (Å²) in [5.41, 5.74) is 1.01. The Kier molecular flexibility index (Phi) is 4.04. The van der Waals surface area contributed by atoms with Crippen LogP contribution in [-0.2, 0) is 6.54 Å². The van der Waals surface area contributed by atoms with Crippen molar-refractivity contribution in [3.8, 4) is 0 Å². The predicted molar refractivity (Wildman–Crippen MR) is 79.4 cm³/mol. The maximum Gasteiger partial charge on any atom is 0.371 e. The van der Waals surface area contributed by atoms with E-state index in [-0.39, 0.29) is 5.76 Å². The standard InChI is InChI=1S/C16H24N2O3/c1-11-13(8-15(21-11)16(19)20)10-18-7-5-14-12(9-18)4-3-6-17(14)2/h8,12,14H,3-7,9-10H2,1-2H3,(H,19,20). The molecule has 2 fully saturated rings. The van der Waals surface area contributed by atoms with Crippen molar-refractivity contribution in [2.75, 3.05) is 26.7 Å². The van der Waals surface area contributed by atoms with Crippen molar-refractivity contribution in [3.63, 3.8) is 0 Å². The molecule has 3 heterocycles. The average molecular weight is 292 g/mol. The van der Waals surface area contributed by atoms with Crippen LogP contribution in [0.3, 0.4) is 0 Å². The zero-order valence-electron chi connectivity index (χ0n) is 12.8. The van der Waals surface area contributed by atoms with Crippen LogP contribution in [0.25, 0.3) is 0 Å². The quantitative estimate of drug-likeness (QED) is 0.925. The number of furan rings is 1. The Bertz CT molecular complexity index is 526. The first kappa shape index (κ1) is 14.6. The van der Waals surface area contributed by atoms with Crippen molar-refractivity contribution in [2.24, 2.45) is 5.92 Å². The van der Waals surface area contributed by atoms with E-state index >= 15 is 0 Å². The van der Waals surface area contributed by atoms with Gasteiger partial charge in [0.25, 0.3) is 0 Å². The van der Waals surface area contributed by atoms with Crippen molar-refractivity contribution in [2.45, 2.75) is 38.8 Å². The molecule has 3 rings (SSSR count). The molecule has 0 bridgehead atoms. The van der Waals surface area contributed by atoms with Gasteiger partial charge in [-0.25, -0.2) is 4.79 Å². The molecule has 2 atom stereocenters.